The van der Waals surface area contributed by atoms with Crippen molar-refractivity contribution in [3.05, 3.63) is 52.7 Å². The SMILES string of the molecule is COc1c(-c2ccccc2)c(F)cn(CC[C@](C)(C(=O)NOC2CCCCO2)S(C)(=O)=O)c1=O. The van der Waals surface area contributed by atoms with Crippen molar-refractivity contribution in [2.75, 3.05) is 20.0 Å². The number of carbonyl (C=O) groups excluding carboxylic acids is 1. The summed E-state index contributed by atoms with van der Waals surface area (Å²) in [6.07, 6.45) is 3.25. The average Bonchev–Trinajstić information content (AvgIpc) is 2.82. The second-order valence-electron chi connectivity index (χ2n) is 8.35. The van der Waals surface area contributed by atoms with Gasteiger partial charge in [0.15, 0.2) is 32.4 Å². The molecule has 1 aliphatic heterocycles. The molecule has 3 rings (SSSR count). The van der Waals surface area contributed by atoms with Crippen molar-refractivity contribution >= 4 is 15.7 Å². The first kappa shape index (κ1) is 25.9. The van der Waals surface area contributed by atoms with E-state index in [9.17, 15) is 18.0 Å². The third kappa shape index (κ3) is 5.48. The molecule has 0 saturated carbocycles. The van der Waals surface area contributed by atoms with Crippen LogP contribution >= 0.6 is 0 Å². The second-order valence-corrected chi connectivity index (χ2v) is 10.8. The van der Waals surface area contributed by atoms with Crippen LogP contribution in [0, 0.1) is 5.82 Å². The van der Waals surface area contributed by atoms with Crippen LogP contribution in [0.15, 0.2) is 41.3 Å². The number of halogens is 1. The topological polar surface area (TPSA) is 113 Å². The highest BCUT2D eigenvalue weighted by Gasteiger charge is 2.44. The number of rotatable bonds is 9. The van der Waals surface area contributed by atoms with E-state index >= 15 is 4.39 Å². The number of nitrogens with zero attached hydrogens (tertiary/aromatic N) is 1. The molecule has 1 saturated heterocycles. The third-order valence-corrected chi connectivity index (χ3v) is 8.03. The minimum atomic E-state index is -3.95. The Bertz CT molecular complexity index is 1180. The van der Waals surface area contributed by atoms with Crippen molar-refractivity contribution in [2.45, 2.75) is 50.2 Å². The van der Waals surface area contributed by atoms with E-state index in [0.29, 0.717) is 18.6 Å². The van der Waals surface area contributed by atoms with Gasteiger partial charge >= 0.3 is 0 Å². The van der Waals surface area contributed by atoms with Gasteiger partial charge in [0.1, 0.15) is 0 Å². The standard InChI is InChI=1S/C23H29FN2O7S/c1-23(34(3,29)30,22(28)25-33-18-11-7-8-14-32-18)12-13-26-15-17(24)19(20(31-2)21(26)27)16-9-5-4-6-10-16/h4-6,9-10,15,18H,7-8,11-14H2,1-3H3,(H,25,28)/t18?,23-/m1/s1. The van der Waals surface area contributed by atoms with Crippen molar-refractivity contribution in [2.24, 2.45) is 0 Å². The van der Waals surface area contributed by atoms with Crippen LogP contribution in [0.2, 0.25) is 0 Å². The Balaban J connectivity index is 1.84. The Morgan fingerprint density at radius 1 is 1.29 bits per heavy atom. The molecule has 2 heterocycles. The zero-order chi connectivity index (χ0) is 24.9. The summed E-state index contributed by atoms with van der Waals surface area (Å²) in [6.45, 7) is 1.47. The van der Waals surface area contributed by atoms with Crippen molar-refractivity contribution in [3.63, 3.8) is 0 Å². The van der Waals surface area contributed by atoms with Crippen molar-refractivity contribution in [1.29, 1.82) is 0 Å². The first-order valence-corrected chi connectivity index (χ1v) is 12.8. The molecule has 1 aromatic carbocycles. The Labute approximate surface area is 197 Å². The number of hydrogen-bond donors (Lipinski definition) is 1. The van der Waals surface area contributed by atoms with Crippen LogP contribution in [0.3, 0.4) is 0 Å². The number of amides is 1. The quantitative estimate of drug-likeness (QED) is 0.531. The number of sulfone groups is 1. The Morgan fingerprint density at radius 2 is 2.00 bits per heavy atom. The maximum Gasteiger partial charge on any atom is 0.293 e. The zero-order valence-corrected chi connectivity index (χ0v) is 20.2. The highest BCUT2D eigenvalue weighted by molar-refractivity contribution is 7.92. The molecule has 34 heavy (non-hydrogen) atoms. The first-order valence-electron chi connectivity index (χ1n) is 10.9. The number of hydrogen-bond acceptors (Lipinski definition) is 7. The maximum absolute atomic E-state index is 15.0. The number of aromatic nitrogens is 1. The molecule has 1 N–H and O–H groups in total. The van der Waals surface area contributed by atoms with E-state index in [1.807, 2.05) is 0 Å². The number of aryl methyl sites for hydroxylation is 1. The molecule has 9 nitrogen and oxygen atoms in total. The third-order valence-electron chi connectivity index (χ3n) is 6.01. The lowest BCUT2D eigenvalue weighted by Crippen LogP contribution is -2.51. The molecule has 2 atom stereocenters. The van der Waals surface area contributed by atoms with Crippen molar-refractivity contribution < 1.29 is 31.9 Å². The lowest BCUT2D eigenvalue weighted by molar-refractivity contribution is -0.201. The van der Waals surface area contributed by atoms with Gasteiger partial charge in [0.25, 0.3) is 11.5 Å². The summed E-state index contributed by atoms with van der Waals surface area (Å²) >= 11 is 0. The zero-order valence-electron chi connectivity index (χ0n) is 19.4. The molecule has 0 spiro atoms. The molecule has 11 heteroatoms. The minimum Gasteiger partial charge on any atom is -0.491 e. The molecule has 0 aliphatic carbocycles. The summed E-state index contributed by atoms with van der Waals surface area (Å²) in [4.78, 5) is 31.1. The maximum atomic E-state index is 15.0. The van der Waals surface area contributed by atoms with Crippen LogP contribution in [-0.4, -0.2) is 49.9 Å². The summed E-state index contributed by atoms with van der Waals surface area (Å²) in [6, 6.07) is 8.46. The summed E-state index contributed by atoms with van der Waals surface area (Å²) < 4.78 is 49.8. The molecule has 0 bridgehead atoms. The molecule has 2 aromatic rings. The first-order chi connectivity index (χ1) is 16.1. The minimum absolute atomic E-state index is 0.00819. The van der Waals surface area contributed by atoms with Gasteiger partial charge in [0.05, 0.1) is 12.7 Å². The lowest BCUT2D eigenvalue weighted by atomic mass is 10.0. The van der Waals surface area contributed by atoms with Gasteiger partial charge in [-0.3, -0.25) is 9.59 Å². The Kier molecular flexibility index (Phi) is 8.11. The second kappa shape index (κ2) is 10.7. The van der Waals surface area contributed by atoms with E-state index < -0.39 is 38.2 Å². The molecule has 0 radical (unpaired) electrons. The van der Waals surface area contributed by atoms with E-state index in [1.165, 1.54) is 14.0 Å². The fourth-order valence-corrected chi connectivity index (χ4v) is 4.51. The van der Waals surface area contributed by atoms with Gasteiger partial charge < -0.3 is 14.0 Å². The molecule has 1 aliphatic rings. The Hall–Kier alpha value is -2.76. The number of pyridine rings is 1. The number of methoxy groups -OCH3 is 1. The number of hydroxylamine groups is 1. The molecule has 1 aromatic heterocycles. The molecular formula is C23H29FN2O7S. The van der Waals surface area contributed by atoms with Crippen LogP contribution in [-0.2, 0) is 30.8 Å². The fraction of sp³-hybridized carbons (Fsp3) is 0.478. The summed E-state index contributed by atoms with van der Waals surface area (Å²) in [5.74, 6) is -1.83. The number of ether oxygens (including phenoxy) is 2. The molecule has 1 fully saturated rings. The summed E-state index contributed by atoms with van der Waals surface area (Å²) in [5, 5.41) is 0. The van der Waals surface area contributed by atoms with Crippen molar-refractivity contribution in [1.82, 2.24) is 10.0 Å². The summed E-state index contributed by atoms with van der Waals surface area (Å²) in [5.41, 5.74) is 2.01. The van der Waals surface area contributed by atoms with Crippen LogP contribution in [0.25, 0.3) is 11.1 Å². The average molecular weight is 497 g/mol. The van der Waals surface area contributed by atoms with Crippen molar-refractivity contribution in [3.8, 4) is 16.9 Å². The molecule has 1 unspecified atom stereocenters. The van der Waals surface area contributed by atoms with Crippen LogP contribution < -0.4 is 15.8 Å². The van der Waals surface area contributed by atoms with Gasteiger partial charge in [-0.15, -0.1) is 0 Å². The van der Waals surface area contributed by atoms with Crippen LogP contribution in [0.1, 0.15) is 32.6 Å². The molecule has 1 amide bonds. The lowest BCUT2D eigenvalue weighted by Gasteiger charge is -2.28. The summed E-state index contributed by atoms with van der Waals surface area (Å²) in [7, 11) is -2.69. The monoisotopic (exact) mass is 496 g/mol. The van der Waals surface area contributed by atoms with Crippen LogP contribution in [0.5, 0.6) is 5.75 Å². The highest BCUT2D eigenvalue weighted by Crippen LogP contribution is 2.30. The number of carbonyl (C=O) groups is 1. The van der Waals surface area contributed by atoms with E-state index in [-0.39, 0.29) is 24.3 Å². The fourth-order valence-electron chi connectivity index (χ4n) is 3.67. The number of nitrogens with one attached hydrogen (secondary N) is 1. The van der Waals surface area contributed by atoms with Gasteiger partial charge in [0, 0.05) is 32.0 Å². The molecule has 186 valence electrons. The van der Waals surface area contributed by atoms with E-state index in [1.54, 1.807) is 30.3 Å². The number of benzene rings is 1. The van der Waals surface area contributed by atoms with Gasteiger partial charge in [-0.05, 0) is 31.7 Å². The van der Waals surface area contributed by atoms with Crippen LogP contribution in [0.4, 0.5) is 4.39 Å². The Morgan fingerprint density at radius 3 is 2.59 bits per heavy atom. The van der Waals surface area contributed by atoms with E-state index in [0.717, 1.165) is 29.9 Å². The van der Waals surface area contributed by atoms with E-state index in [2.05, 4.69) is 5.48 Å². The normalized spacial score (nSPS) is 18.2. The molecular weight excluding hydrogens is 467 g/mol. The van der Waals surface area contributed by atoms with Gasteiger partial charge in [-0.2, -0.15) is 0 Å². The predicted octanol–water partition coefficient (Wildman–Crippen LogP) is 2.43. The van der Waals surface area contributed by atoms with Gasteiger partial charge in [-0.1, -0.05) is 30.3 Å². The highest BCUT2D eigenvalue weighted by atomic mass is 32.2. The van der Waals surface area contributed by atoms with E-state index in [4.69, 9.17) is 14.3 Å². The predicted molar refractivity (Wildman–Crippen MR) is 123 cm³/mol. The largest absolute Gasteiger partial charge is 0.491 e. The van der Waals surface area contributed by atoms with Gasteiger partial charge in [-0.25, -0.2) is 23.1 Å². The smallest absolute Gasteiger partial charge is 0.293 e. The van der Waals surface area contributed by atoms with Gasteiger partial charge in [0.2, 0.25) is 0 Å².